The number of hydrogen-bond acceptors (Lipinski definition) is 8. The fourth-order valence-corrected chi connectivity index (χ4v) is 4.81. The zero-order valence-electron chi connectivity index (χ0n) is 25.5. The van der Waals surface area contributed by atoms with Gasteiger partial charge in [-0.2, -0.15) is 0 Å². The number of unbranched alkanes of at least 4 members (excludes halogenated alkanes) is 12. The molecule has 9 heteroatoms. The Balaban J connectivity index is 2.58. The SMILES string of the molecule is CCCCCCCC/C=C/CC/C=C/C(O)C(COC1OC(CO)C(O)C(O)C1O)NC(=O)CCCCCCCC. The monoisotopic (exact) mass is 585 g/mol. The first-order valence-electron chi connectivity index (χ1n) is 16.1. The highest BCUT2D eigenvalue weighted by Crippen LogP contribution is 2.22. The molecule has 0 spiro atoms. The van der Waals surface area contributed by atoms with Crippen molar-refractivity contribution in [2.45, 2.75) is 159 Å². The van der Waals surface area contributed by atoms with E-state index >= 15 is 0 Å². The Hall–Kier alpha value is -1.33. The lowest BCUT2D eigenvalue weighted by atomic mass is 9.99. The van der Waals surface area contributed by atoms with E-state index in [2.05, 4.69) is 31.3 Å². The number of allylic oxidation sites excluding steroid dienone is 3. The molecular weight excluding hydrogens is 526 g/mol. The zero-order valence-corrected chi connectivity index (χ0v) is 25.5. The third-order valence-corrected chi connectivity index (χ3v) is 7.53. The Bertz CT molecular complexity index is 701. The second-order valence-electron chi connectivity index (χ2n) is 11.2. The van der Waals surface area contributed by atoms with Crippen molar-refractivity contribution < 1.29 is 39.8 Å². The largest absolute Gasteiger partial charge is 0.394 e. The smallest absolute Gasteiger partial charge is 0.220 e. The predicted octanol–water partition coefficient (Wildman–Crippen LogP) is 4.04. The van der Waals surface area contributed by atoms with Gasteiger partial charge >= 0.3 is 0 Å². The van der Waals surface area contributed by atoms with Crippen LogP contribution in [0.3, 0.4) is 0 Å². The third kappa shape index (κ3) is 16.8. The summed E-state index contributed by atoms with van der Waals surface area (Å²) in [6.07, 6.45) is 16.8. The van der Waals surface area contributed by atoms with Gasteiger partial charge in [-0.1, -0.05) is 102 Å². The van der Waals surface area contributed by atoms with E-state index in [4.69, 9.17) is 9.47 Å². The first-order chi connectivity index (χ1) is 19.8. The molecule has 7 unspecified atom stereocenters. The minimum atomic E-state index is -1.56. The van der Waals surface area contributed by atoms with Gasteiger partial charge in [0.05, 0.1) is 25.4 Å². The molecule has 1 heterocycles. The lowest BCUT2D eigenvalue weighted by Gasteiger charge is -2.40. The number of rotatable bonds is 24. The summed E-state index contributed by atoms with van der Waals surface area (Å²) in [4.78, 5) is 12.6. The molecule has 9 nitrogen and oxygen atoms in total. The van der Waals surface area contributed by atoms with Crippen molar-refractivity contribution in [1.29, 1.82) is 0 Å². The molecule has 41 heavy (non-hydrogen) atoms. The summed E-state index contributed by atoms with van der Waals surface area (Å²) in [6, 6.07) is -0.811. The van der Waals surface area contributed by atoms with Crippen LogP contribution in [0.25, 0.3) is 0 Å². The highest BCUT2D eigenvalue weighted by Gasteiger charge is 2.44. The maximum atomic E-state index is 12.6. The van der Waals surface area contributed by atoms with E-state index in [-0.39, 0.29) is 12.5 Å². The van der Waals surface area contributed by atoms with Crippen molar-refractivity contribution in [2.24, 2.45) is 0 Å². The molecule has 0 aliphatic carbocycles. The summed E-state index contributed by atoms with van der Waals surface area (Å²) in [5, 5.41) is 53.4. The maximum Gasteiger partial charge on any atom is 0.220 e. The fraction of sp³-hybridized carbons (Fsp3) is 0.844. The first kappa shape index (κ1) is 37.7. The van der Waals surface area contributed by atoms with E-state index < -0.39 is 49.5 Å². The fourth-order valence-electron chi connectivity index (χ4n) is 4.81. The number of amides is 1. The van der Waals surface area contributed by atoms with Crippen molar-refractivity contribution in [3.63, 3.8) is 0 Å². The van der Waals surface area contributed by atoms with Gasteiger partial charge in [-0.25, -0.2) is 0 Å². The second-order valence-corrected chi connectivity index (χ2v) is 11.2. The molecule has 1 saturated heterocycles. The molecule has 0 bridgehead atoms. The van der Waals surface area contributed by atoms with Crippen molar-refractivity contribution in [3.8, 4) is 0 Å². The minimum absolute atomic E-state index is 0.200. The number of hydrogen-bond donors (Lipinski definition) is 6. The standard InChI is InChI=1S/C32H59NO8/c1-3-5-7-9-11-12-13-14-15-16-17-19-21-26(35)25(33-28(36)22-20-18-10-8-6-4-2)24-40-32-31(39)30(38)29(37)27(23-34)41-32/h14-15,19,21,25-27,29-32,34-35,37-39H,3-13,16-18,20,22-24H2,1-2H3,(H,33,36)/b15-14+,21-19+. The molecule has 1 rings (SSSR count). The Kier molecular flexibility index (Phi) is 22.2. The van der Waals surface area contributed by atoms with Crippen molar-refractivity contribution in [3.05, 3.63) is 24.3 Å². The van der Waals surface area contributed by atoms with Gasteiger partial charge in [0.25, 0.3) is 0 Å². The average Bonchev–Trinajstić information content (AvgIpc) is 2.97. The highest BCUT2D eigenvalue weighted by molar-refractivity contribution is 5.76. The minimum Gasteiger partial charge on any atom is -0.394 e. The van der Waals surface area contributed by atoms with Gasteiger partial charge < -0.3 is 40.3 Å². The number of ether oxygens (including phenoxy) is 2. The molecular formula is C32H59NO8. The molecule has 1 aliphatic heterocycles. The summed E-state index contributed by atoms with van der Waals surface area (Å²) < 4.78 is 11.0. The van der Waals surface area contributed by atoms with Crippen LogP contribution in [0.4, 0.5) is 0 Å². The molecule has 0 radical (unpaired) electrons. The van der Waals surface area contributed by atoms with Gasteiger partial charge in [0.2, 0.25) is 5.91 Å². The third-order valence-electron chi connectivity index (χ3n) is 7.53. The quantitative estimate of drug-likeness (QED) is 0.0734. The van der Waals surface area contributed by atoms with Gasteiger partial charge in [-0.15, -0.1) is 0 Å². The van der Waals surface area contributed by atoms with Crippen LogP contribution in [-0.2, 0) is 14.3 Å². The average molecular weight is 586 g/mol. The van der Waals surface area contributed by atoms with Crippen LogP contribution < -0.4 is 5.32 Å². The van der Waals surface area contributed by atoms with Crippen molar-refractivity contribution >= 4 is 5.91 Å². The predicted molar refractivity (Wildman–Crippen MR) is 161 cm³/mol. The number of carbonyl (C=O) groups excluding carboxylic acids is 1. The van der Waals surface area contributed by atoms with E-state index in [1.165, 1.54) is 44.9 Å². The maximum absolute atomic E-state index is 12.6. The normalized spacial score (nSPS) is 24.7. The van der Waals surface area contributed by atoms with Crippen LogP contribution in [0.15, 0.2) is 24.3 Å². The Labute approximate surface area is 248 Å². The Morgan fingerprint density at radius 1 is 0.805 bits per heavy atom. The number of aliphatic hydroxyl groups excluding tert-OH is 5. The summed E-state index contributed by atoms with van der Waals surface area (Å²) in [6.45, 7) is 3.62. The van der Waals surface area contributed by atoms with Crippen LogP contribution in [0, 0.1) is 0 Å². The highest BCUT2D eigenvalue weighted by atomic mass is 16.7. The van der Waals surface area contributed by atoms with Gasteiger partial charge in [0.15, 0.2) is 6.29 Å². The number of aliphatic hydroxyl groups is 5. The molecule has 6 N–H and O–H groups in total. The molecule has 1 amide bonds. The van der Waals surface area contributed by atoms with E-state index in [0.29, 0.717) is 6.42 Å². The van der Waals surface area contributed by atoms with Gasteiger partial charge in [0, 0.05) is 6.42 Å². The lowest BCUT2D eigenvalue weighted by Crippen LogP contribution is -2.60. The van der Waals surface area contributed by atoms with E-state index in [1.807, 2.05) is 6.08 Å². The lowest BCUT2D eigenvalue weighted by molar-refractivity contribution is -0.302. The Morgan fingerprint density at radius 3 is 2.05 bits per heavy atom. The molecule has 0 aromatic heterocycles. The molecule has 7 atom stereocenters. The van der Waals surface area contributed by atoms with Crippen LogP contribution in [0.5, 0.6) is 0 Å². The van der Waals surface area contributed by atoms with Crippen LogP contribution in [0.2, 0.25) is 0 Å². The summed E-state index contributed by atoms with van der Waals surface area (Å²) in [7, 11) is 0. The van der Waals surface area contributed by atoms with Gasteiger partial charge in [0.1, 0.15) is 24.4 Å². The van der Waals surface area contributed by atoms with E-state index in [1.54, 1.807) is 6.08 Å². The molecule has 0 saturated carbocycles. The Morgan fingerprint density at radius 2 is 1.39 bits per heavy atom. The number of carbonyl (C=O) groups is 1. The number of nitrogens with one attached hydrogen (secondary N) is 1. The summed E-state index contributed by atoms with van der Waals surface area (Å²) in [5.74, 6) is -0.201. The zero-order chi connectivity index (χ0) is 30.3. The molecule has 1 fully saturated rings. The molecule has 240 valence electrons. The van der Waals surface area contributed by atoms with Crippen LogP contribution in [-0.4, -0.2) is 87.5 Å². The summed E-state index contributed by atoms with van der Waals surface area (Å²) in [5.41, 5.74) is 0. The van der Waals surface area contributed by atoms with E-state index in [9.17, 15) is 30.3 Å². The molecule has 0 aromatic carbocycles. The topological polar surface area (TPSA) is 149 Å². The van der Waals surface area contributed by atoms with Gasteiger partial charge in [-0.05, 0) is 32.1 Å². The van der Waals surface area contributed by atoms with Gasteiger partial charge in [-0.3, -0.25) is 4.79 Å². The second kappa shape index (κ2) is 24.1. The van der Waals surface area contributed by atoms with Crippen LogP contribution >= 0.6 is 0 Å². The molecule has 1 aliphatic rings. The van der Waals surface area contributed by atoms with Crippen molar-refractivity contribution in [2.75, 3.05) is 13.2 Å². The van der Waals surface area contributed by atoms with Crippen molar-refractivity contribution in [1.82, 2.24) is 5.32 Å². The van der Waals surface area contributed by atoms with E-state index in [0.717, 1.165) is 51.4 Å². The molecule has 0 aromatic rings. The summed E-state index contributed by atoms with van der Waals surface area (Å²) >= 11 is 0. The van der Waals surface area contributed by atoms with Crippen LogP contribution in [0.1, 0.15) is 117 Å². The first-order valence-corrected chi connectivity index (χ1v) is 16.1.